The summed E-state index contributed by atoms with van der Waals surface area (Å²) in [7, 11) is -2.36. The molecule has 1 aromatic heterocycles. The normalized spacial score (nSPS) is 12.3. The van der Waals surface area contributed by atoms with Gasteiger partial charge in [0.1, 0.15) is 23.1 Å². The summed E-state index contributed by atoms with van der Waals surface area (Å²) in [6.07, 6.45) is 0.175. The number of aryl methyl sites for hydroxylation is 1. The molecule has 0 fully saturated rings. The van der Waals surface area contributed by atoms with Crippen LogP contribution in [0.3, 0.4) is 0 Å². The van der Waals surface area contributed by atoms with Crippen molar-refractivity contribution in [2.75, 3.05) is 7.11 Å². The summed E-state index contributed by atoms with van der Waals surface area (Å²) in [6, 6.07) is 18.5. The van der Waals surface area contributed by atoms with Crippen LogP contribution in [-0.2, 0) is 14.8 Å². The zero-order valence-corrected chi connectivity index (χ0v) is 20.8. The van der Waals surface area contributed by atoms with Crippen molar-refractivity contribution in [2.24, 2.45) is 0 Å². The molecule has 0 saturated heterocycles. The minimum Gasteiger partial charge on any atom is -0.497 e. The van der Waals surface area contributed by atoms with Crippen LogP contribution in [0.15, 0.2) is 86.9 Å². The summed E-state index contributed by atoms with van der Waals surface area (Å²) in [5.41, 5.74) is 2.02. The van der Waals surface area contributed by atoms with E-state index < -0.39 is 27.7 Å². The number of esters is 1. The molecule has 0 bridgehead atoms. The highest BCUT2D eigenvalue weighted by Crippen LogP contribution is 2.31. The standard InChI is InChI=1S/C27H25NO7S/c1-4-24(28-36(31,32)21-12-5-17(2)6-13-21)27(30)34-20-11-14-22-23(16-26(29)35-25(22)15-20)18-7-9-19(33-3)10-8-18/h5-16,24,28H,4H2,1-3H3. The fourth-order valence-electron chi connectivity index (χ4n) is 3.67. The van der Waals surface area contributed by atoms with E-state index in [2.05, 4.69) is 4.72 Å². The lowest BCUT2D eigenvalue weighted by molar-refractivity contribution is -0.136. The SMILES string of the molecule is CCC(NS(=O)(=O)c1ccc(C)cc1)C(=O)Oc1ccc2c(-c3ccc(OC)cc3)cc(=O)oc2c1. The fraction of sp³-hybridized carbons (Fsp3) is 0.185. The highest BCUT2D eigenvalue weighted by molar-refractivity contribution is 7.89. The maximum absolute atomic E-state index is 12.8. The van der Waals surface area contributed by atoms with Crippen molar-refractivity contribution < 1.29 is 27.1 Å². The summed E-state index contributed by atoms with van der Waals surface area (Å²) in [6.45, 7) is 3.52. The Kier molecular flexibility index (Phi) is 7.23. The van der Waals surface area contributed by atoms with Crippen LogP contribution >= 0.6 is 0 Å². The van der Waals surface area contributed by atoms with Gasteiger partial charge in [-0.3, -0.25) is 0 Å². The van der Waals surface area contributed by atoms with Crippen LogP contribution in [0.4, 0.5) is 0 Å². The Labute approximate surface area is 208 Å². The van der Waals surface area contributed by atoms with E-state index in [4.69, 9.17) is 13.9 Å². The number of hydrogen-bond acceptors (Lipinski definition) is 7. The topological polar surface area (TPSA) is 112 Å². The van der Waals surface area contributed by atoms with Crippen LogP contribution in [0.25, 0.3) is 22.1 Å². The second kappa shape index (κ2) is 10.3. The lowest BCUT2D eigenvalue weighted by Gasteiger charge is -2.16. The second-order valence-electron chi connectivity index (χ2n) is 8.18. The Balaban J connectivity index is 1.58. The van der Waals surface area contributed by atoms with Gasteiger partial charge < -0.3 is 13.9 Å². The average Bonchev–Trinajstić information content (AvgIpc) is 2.87. The molecule has 9 heteroatoms. The Hall–Kier alpha value is -3.95. The van der Waals surface area contributed by atoms with E-state index in [-0.39, 0.29) is 22.6 Å². The molecule has 186 valence electrons. The van der Waals surface area contributed by atoms with E-state index in [0.717, 1.165) is 11.1 Å². The molecule has 1 unspecified atom stereocenters. The molecule has 0 spiro atoms. The number of carbonyl (C=O) groups excluding carboxylic acids is 1. The van der Waals surface area contributed by atoms with E-state index in [1.807, 2.05) is 19.1 Å². The maximum Gasteiger partial charge on any atom is 0.336 e. The van der Waals surface area contributed by atoms with Gasteiger partial charge in [0.25, 0.3) is 0 Å². The minimum atomic E-state index is -3.93. The first-order chi connectivity index (χ1) is 17.2. The Bertz CT molecular complexity index is 1560. The molecule has 8 nitrogen and oxygen atoms in total. The van der Waals surface area contributed by atoms with Crippen molar-refractivity contribution in [1.82, 2.24) is 4.72 Å². The van der Waals surface area contributed by atoms with Crippen molar-refractivity contribution in [2.45, 2.75) is 31.2 Å². The molecule has 1 N–H and O–H groups in total. The van der Waals surface area contributed by atoms with Gasteiger partial charge in [0.15, 0.2) is 0 Å². The van der Waals surface area contributed by atoms with Crippen molar-refractivity contribution in [1.29, 1.82) is 0 Å². The average molecular weight is 508 g/mol. The smallest absolute Gasteiger partial charge is 0.336 e. The molecule has 0 aliphatic carbocycles. The first-order valence-electron chi connectivity index (χ1n) is 11.2. The number of methoxy groups -OCH3 is 1. The number of hydrogen-bond donors (Lipinski definition) is 1. The first kappa shape index (κ1) is 25.2. The van der Waals surface area contributed by atoms with E-state index in [0.29, 0.717) is 16.7 Å². The summed E-state index contributed by atoms with van der Waals surface area (Å²) in [5, 5.41) is 0.645. The highest BCUT2D eigenvalue weighted by atomic mass is 32.2. The van der Waals surface area contributed by atoms with Gasteiger partial charge in [0.2, 0.25) is 10.0 Å². The van der Waals surface area contributed by atoms with Crippen LogP contribution < -0.4 is 19.8 Å². The Morgan fingerprint density at radius 2 is 1.64 bits per heavy atom. The zero-order valence-electron chi connectivity index (χ0n) is 20.0. The van der Waals surface area contributed by atoms with Gasteiger partial charge in [-0.25, -0.2) is 18.0 Å². The number of fused-ring (bicyclic) bond motifs is 1. The quantitative estimate of drug-likeness (QED) is 0.213. The van der Waals surface area contributed by atoms with Crippen LogP contribution in [0.2, 0.25) is 0 Å². The molecule has 4 aromatic rings. The monoisotopic (exact) mass is 507 g/mol. The highest BCUT2D eigenvalue weighted by Gasteiger charge is 2.26. The number of ether oxygens (including phenoxy) is 2. The van der Waals surface area contributed by atoms with Crippen molar-refractivity contribution in [3.8, 4) is 22.6 Å². The number of rotatable bonds is 8. The number of nitrogens with one attached hydrogen (secondary N) is 1. The third-order valence-corrected chi connectivity index (χ3v) is 7.14. The molecule has 4 rings (SSSR count). The van der Waals surface area contributed by atoms with Crippen LogP contribution in [0, 0.1) is 6.92 Å². The van der Waals surface area contributed by atoms with Crippen molar-refractivity contribution in [3.05, 3.63) is 88.8 Å². The Morgan fingerprint density at radius 3 is 2.28 bits per heavy atom. The number of carbonyl (C=O) groups is 1. The number of benzene rings is 3. The van der Waals surface area contributed by atoms with E-state index in [9.17, 15) is 18.0 Å². The molecule has 0 aliphatic rings. The van der Waals surface area contributed by atoms with Gasteiger partial charge in [0, 0.05) is 17.5 Å². The molecule has 36 heavy (non-hydrogen) atoms. The van der Waals surface area contributed by atoms with Gasteiger partial charge in [0.05, 0.1) is 12.0 Å². The zero-order chi connectivity index (χ0) is 25.9. The summed E-state index contributed by atoms with van der Waals surface area (Å²) in [4.78, 5) is 25.1. The fourth-order valence-corrected chi connectivity index (χ4v) is 4.94. The van der Waals surface area contributed by atoms with Crippen molar-refractivity contribution in [3.63, 3.8) is 0 Å². The van der Waals surface area contributed by atoms with Crippen molar-refractivity contribution >= 4 is 27.0 Å². The van der Waals surface area contributed by atoms with Gasteiger partial charge in [-0.2, -0.15) is 4.72 Å². The summed E-state index contributed by atoms with van der Waals surface area (Å²) >= 11 is 0. The molecule has 0 amide bonds. The van der Waals surface area contributed by atoms with Gasteiger partial charge in [-0.15, -0.1) is 0 Å². The predicted molar refractivity (Wildman–Crippen MR) is 136 cm³/mol. The van der Waals surface area contributed by atoms with Crippen LogP contribution in [0.1, 0.15) is 18.9 Å². The second-order valence-corrected chi connectivity index (χ2v) is 9.90. The lowest BCUT2D eigenvalue weighted by Crippen LogP contribution is -2.42. The minimum absolute atomic E-state index is 0.0536. The molecule has 0 saturated carbocycles. The molecule has 1 heterocycles. The van der Waals surface area contributed by atoms with E-state index >= 15 is 0 Å². The summed E-state index contributed by atoms with van der Waals surface area (Å²) < 4.78 is 43.8. The lowest BCUT2D eigenvalue weighted by atomic mass is 10.0. The predicted octanol–water partition coefficient (Wildman–Crippen LogP) is 4.44. The molecule has 0 radical (unpaired) electrons. The molecule has 3 aromatic carbocycles. The maximum atomic E-state index is 12.8. The van der Waals surface area contributed by atoms with Gasteiger partial charge in [-0.05, 0) is 60.9 Å². The number of sulfonamides is 1. The Morgan fingerprint density at radius 1 is 0.972 bits per heavy atom. The van der Waals surface area contributed by atoms with Gasteiger partial charge in [-0.1, -0.05) is 36.8 Å². The molecular formula is C27H25NO7S. The van der Waals surface area contributed by atoms with E-state index in [1.165, 1.54) is 24.3 Å². The van der Waals surface area contributed by atoms with E-state index in [1.54, 1.807) is 50.4 Å². The molecule has 1 atom stereocenters. The first-order valence-corrected chi connectivity index (χ1v) is 12.7. The third-order valence-electron chi connectivity index (χ3n) is 5.66. The third kappa shape index (κ3) is 5.48. The summed E-state index contributed by atoms with van der Waals surface area (Å²) in [5.74, 6) is 0.0282. The largest absolute Gasteiger partial charge is 0.497 e. The molecular weight excluding hydrogens is 482 g/mol. The van der Waals surface area contributed by atoms with Gasteiger partial charge >= 0.3 is 11.6 Å². The van der Waals surface area contributed by atoms with Crippen LogP contribution in [-0.4, -0.2) is 27.5 Å². The van der Waals surface area contributed by atoms with Crippen LogP contribution in [0.5, 0.6) is 11.5 Å². The molecule has 0 aliphatic heterocycles.